The van der Waals surface area contributed by atoms with E-state index in [2.05, 4.69) is 43.5 Å². The molecule has 0 fully saturated rings. The first-order valence-corrected chi connectivity index (χ1v) is 25.8. The maximum Gasteiger partial charge on any atom is 0.472 e. The van der Waals surface area contributed by atoms with Gasteiger partial charge in [-0.1, -0.05) is 212 Å². The average Bonchev–Trinajstić information content (AvgIpc) is 3.21. The lowest BCUT2D eigenvalue weighted by atomic mass is 10.0. The molecule has 0 radical (unpaired) electrons. The average molecular weight is 842 g/mol. The molecule has 0 saturated heterocycles. The fourth-order valence-corrected chi connectivity index (χ4v) is 7.69. The van der Waals surface area contributed by atoms with Crippen molar-refractivity contribution in [2.24, 2.45) is 0 Å². The zero-order chi connectivity index (χ0) is 42.5. The molecular weight excluding hydrogens is 750 g/mol. The van der Waals surface area contributed by atoms with Crippen molar-refractivity contribution < 1.29 is 37.9 Å². The zero-order valence-electron chi connectivity index (χ0n) is 37.8. The molecule has 0 aliphatic heterocycles. The van der Waals surface area contributed by atoms with Gasteiger partial charge in [0.15, 0.2) is 0 Å². The lowest BCUT2D eigenvalue weighted by Gasteiger charge is -2.15. The number of carbonyl (C=O) groups is 2. The number of aliphatic hydroxyl groups excluding tert-OH is 1. The summed E-state index contributed by atoms with van der Waals surface area (Å²) in [4.78, 5) is 34.0. The first-order valence-electron chi connectivity index (χ1n) is 24.3. The smallest absolute Gasteiger partial charge is 0.463 e. The third-order valence-electron chi connectivity index (χ3n) is 10.6. The van der Waals surface area contributed by atoms with Gasteiger partial charge in [0, 0.05) is 19.4 Å². The lowest BCUT2D eigenvalue weighted by Crippen LogP contribution is -2.27. The van der Waals surface area contributed by atoms with Gasteiger partial charge in [0.1, 0.15) is 12.7 Å². The number of phosphoric acid groups is 1. The summed E-state index contributed by atoms with van der Waals surface area (Å²) in [5.74, 6) is -0.522. The Morgan fingerprint density at radius 3 is 1.43 bits per heavy atom. The largest absolute Gasteiger partial charge is 0.472 e. The monoisotopic (exact) mass is 842 g/mol. The molecule has 0 aromatic rings. The second-order valence-corrected chi connectivity index (χ2v) is 17.9. The molecule has 0 spiro atoms. The highest BCUT2D eigenvalue weighted by Gasteiger charge is 2.23. The number of rotatable bonds is 46. The third-order valence-corrected chi connectivity index (χ3v) is 11.6. The van der Waals surface area contributed by atoms with Gasteiger partial charge in [-0.2, -0.15) is 0 Å². The van der Waals surface area contributed by atoms with E-state index in [1.165, 1.54) is 148 Å². The summed E-state index contributed by atoms with van der Waals surface area (Å²) in [6.45, 7) is 3.53. The Morgan fingerprint density at radius 1 is 0.534 bits per heavy atom. The van der Waals surface area contributed by atoms with E-state index in [0.29, 0.717) is 6.42 Å². The van der Waals surface area contributed by atoms with Gasteiger partial charge < -0.3 is 20.1 Å². The maximum atomic E-state index is 12.1. The zero-order valence-corrected chi connectivity index (χ0v) is 38.6. The van der Waals surface area contributed by atoms with E-state index in [-0.39, 0.29) is 32.1 Å². The number of hydrogen-bond acceptors (Lipinski definition) is 7. The van der Waals surface area contributed by atoms with Gasteiger partial charge in [-0.3, -0.25) is 18.6 Å². The number of phosphoric ester groups is 1. The van der Waals surface area contributed by atoms with Crippen LogP contribution in [0.2, 0.25) is 0 Å². The van der Waals surface area contributed by atoms with Crippen LogP contribution < -0.4 is 5.32 Å². The van der Waals surface area contributed by atoms with Crippen molar-refractivity contribution in [3.05, 3.63) is 24.3 Å². The van der Waals surface area contributed by atoms with E-state index in [4.69, 9.17) is 13.8 Å². The highest BCUT2D eigenvalue weighted by atomic mass is 31.2. The molecule has 9 nitrogen and oxygen atoms in total. The summed E-state index contributed by atoms with van der Waals surface area (Å²) >= 11 is 0. The van der Waals surface area contributed by atoms with Gasteiger partial charge in [0.2, 0.25) is 5.91 Å². The quantitative estimate of drug-likeness (QED) is 0.0239. The number of nitrogens with one attached hydrogen (secondary N) is 1. The molecule has 0 rings (SSSR count). The topological polar surface area (TPSA) is 131 Å². The molecule has 0 saturated carbocycles. The first-order chi connectivity index (χ1) is 28.3. The molecule has 0 aliphatic rings. The lowest BCUT2D eigenvalue weighted by molar-refractivity contribution is -0.147. The van der Waals surface area contributed by atoms with Gasteiger partial charge in [0.05, 0.1) is 13.2 Å². The van der Waals surface area contributed by atoms with Crippen LogP contribution >= 0.6 is 7.82 Å². The van der Waals surface area contributed by atoms with Crippen LogP contribution in [0.5, 0.6) is 0 Å². The molecule has 3 N–H and O–H groups in total. The molecule has 0 aliphatic carbocycles. The number of amides is 1. The Labute approximate surface area is 357 Å². The second-order valence-electron chi connectivity index (χ2n) is 16.4. The number of allylic oxidation sites excluding steroid dienone is 4. The maximum absolute atomic E-state index is 12.1. The van der Waals surface area contributed by atoms with Crippen LogP contribution in [-0.4, -0.2) is 54.3 Å². The molecule has 0 heterocycles. The van der Waals surface area contributed by atoms with Crippen molar-refractivity contribution >= 4 is 19.7 Å². The fraction of sp³-hybridized carbons (Fsp3) is 0.875. The summed E-state index contributed by atoms with van der Waals surface area (Å²) in [7, 11) is -4.42. The van der Waals surface area contributed by atoms with Crippen molar-refractivity contribution in [3.8, 4) is 0 Å². The molecule has 58 heavy (non-hydrogen) atoms. The number of unbranched alkanes of at least 4 members (excludes halogenated alkanes) is 29. The molecule has 1 amide bonds. The van der Waals surface area contributed by atoms with Crippen molar-refractivity contribution in [2.75, 3.05) is 26.4 Å². The van der Waals surface area contributed by atoms with Gasteiger partial charge in [0.25, 0.3) is 0 Å². The number of ether oxygens (including phenoxy) is 1. The number of esters is 1. The minimum atomic E-state index is -4.42. The van der Waals surface area contributed by atoms with E-state index in [1.54, 1.807) is 0 Å². The fourth-order valence-electron chi connectivity index (χ4n) is 6.93. The molecule has 0 aromatic heterocycles. The Bertz CT molecular complexity index is 1010. The first kappa shape index (κ1) is 56.5. The molecule has 10 heteroatoms. The molecule has 2 unspecified atom stereocenters. The van der Waals surface area contributed by atoms with Crippen molar-refractivity contribution in [2.45, 2.75) is 245 Å². The minimum absolute atomic E-state index is 0.0760. The van der Waals surface area contributed by atoms with Gasteiger partial charge in [-0.05, 0) is 38.5 Å². The predicted octanol–water partition coefficient (Wildman–Crippen LogP) is 13.9. The van der Waals surface area contributed by atoms with Gasteiger partial charge >= 0.3 is 13.8 Å². The van der Waals surface area contributed by atoms with Crippen LogP contribution in [-0.2, 0) is 27.9 Å². The molecule has 342 valence electrons. The Kier molecular flexibility index (Phi) is 43.9. The van der Waals surface area contributed by atoms with Gasteiger partial charge in [-0.25, -0.2) is 4.57 Å². The van der Waals surface area contributed by atoms with E-state index in [9.17, 15) is 24.2 Å². The molecule has 0 bridgehead atoms. The van der Waals surface area contributed by atoms with E-state index in [1.807, 2.05) is 0 Å². The Balaban J connectivity index is 3.53. The Morgan fingerprint density at radius 2 is 0.948 bits per heavy atom. The number of aliphatic hydroxyl groups is 1. The summed E-state index contributed by atoms with van der Waals surface area (Å²) in [5, 5.41) is 12.7. The van der Waals surface area contributed by atoms with Crippen molar-refractivity contribution in [1.29, 1.82) is 0 Å². The van der Waals surface area contributed by atoms with Crippen LogP contribution in [0.4, 0.5) is 0 Å². The molecular formula is C48H92NO8P. The Hall–Kier alpha value is -1.51. The van der Waals surface area contributed by atoms with Crippen LogP contribution in [0, 0.1) is 0 Å². The summed E-state index contributed by atoms with van der Waals surface area (Å²) in [6.07, 6.45) is 49.8. The molecule has 2 atom stereocenters. The highest BCUT2D eigenvalue weighted by Crippen LogP contribution is 2.42. The standard InChI is InChI=1S/C48H92NO8P/c1-3-5-7-9-11-13-15-17-19-20-21-22-23-24-25-26-27-29-31-33-35-37-39-41-48(52)55-44-46(50)45-57-58(53,54)56-43-42-49-47(51)40-38-36-34-32-30-28-18-16-14-12-10-8-6-4-2/h10,12,16,18,46,50H,3-9,11,13-15,17,19-45H2,1-2H3,(H,49,51)(H,53,54)/b12-10-,18-16-. The van der Waals surface area contributed by atoms with E-state index >= 15 is 0 Å². The van der Waals surface area contributed by atoms with E-state index in [0.717, 1.165) is 64.2 Å². The summed E-state index contributed by atoms with van der Waals surface area (Å²) in [5.41, 5.74) is 0. The molecule has 0 aromatic carbocycles. The predicted molar refractivity (Wildman–Crippen MR) is 243 cm³/mol. The normalized spacial score (nSPS) is 13.4. The second kappa shape index (κ2) is 45.0. The summed E-state index contributed by atoms with van der Waals surface area (Å²) in [6, 6.07) is 0. The van der Waals surface area contributed by atoms with Gasteiger partial charge in [-0.15, -0.1) is 0 Å². The number of carbonyl (C=O) groups excluding carboxylic acids is 2. The number of hydrogen-bond donors (Lipinski definition) is 3. The van der Waals surface area contributed by atoms with Crippen molar-refractivity contribution in [3.63, 3.8) is 0 Å². The van der Waals surface area contributed by atoms with Crippen LogP contribution in [0.1, 0.15) is 239 Å². The van der Waals surface area contributed by atoms with Crippen LogP contribution in [0.15, 0.2) is 24.3 Å². The van der Waals surface area contributed by atoms with E-state index < -0.39 is 26.5 Å². The minimum Gasteiger partial charge on any atom is -0.463 e. The third kappa shape index (κ3) is 45.6. The highest BCUT2D eigenvalue weighted by molar-refractivity contribution is 7.47. The SMILES string of the molecule is CCCC/C=C\C/C=C\CCCCCCCC(=O)NCCOP(=O)(O)OCC(O)COC(=O)CCCCCCCCCCCCCCCCCCCCCCCCC. The summed E-state index contributed by atoms with van der Waals surface area (Å²) < 4.78 is 26.9. The van der Waals surface area contributed by atoms with Crippen LogP contribution in [0.3, 0.4) is 0 Å². The van der Waals surface area contributed by atoms with Crippen LogP contribution in [0.25, 0.3) is 0 Å². The van der Waals surface area contributed by atoms with Crippen molar-refractivity contribution in [1.82, 2.24) is 5.32 Å².